The van der Waals surface area contributed by atoms with Crippen molar-refractivity contribution >= 4 is 83.3 Å². The number of nitrogens with zero attached hydrogens (tertiary/aromatic N) is 2. The van der Waals surface area contributed by atoms with Gasteiger partial charge in [0, 0.05) is 44.1 Å². The average Bonchev–Trinajstić information content (AvgIpc) is 3.28. The van der Waals surface area contributed by atoms with Gasteiger partial charge in [-0.25, -0.2) is 4.98 Å². The molecule has 2 heterocycles. The fourth-order valence-corrected chi connectivity index (χ4v) is 5.14. The molecule has 3 aromatic carbocycles. The number of nitrogens with one attached hydrogen (secondary N) is 2. The minimum absolute atomic E-state index is 0.0855. The molecular weight excluding hydrogens is 463 g/mol. The number of nitrogens with two attached hydrogens (primary N) is 2. The maximum atomic E-state index is 6.28. The monoisotopic (exact) mass is 482 g/mol. The van der Waals surface area contributed by atoms with Gasteiger partial charge in [-0.3, -0.25) is 4.99 Å². The molecule has 0 atom stereocenters. The number of hydrogen-bond acceptors (Lipinski definition) is 4. The van der Waals surface area contributed by atoms with Crippen LogP contribution in [0.3, 0.4) is 0 Å². The highest BCUT2D eigenvalue weighted by molar-refractivity contribution is 7.22. The second kappa shape index (κ2) is 8.16. The summed E-state index contributed by atoms with van der Waals surface area (Å²) in [5.41, 5.74) is 17.0. The van der Waals surface area contributed by atoms with Crippen molar-refractivity contribution in [1.29, 1.82) is 0 Å². The summed E-state index contributed by atoms with van der Waals surface area (Å²) in [4.78, 5) is 12.4. The molecule has 0 radical (unpaired) electrons. The summed E-state index contributed by atoms with van der Waals surface area (Å²) in [6.45, 7) is 2.49. The molecule has 0 bridgehead atoms. The zero-order chi connectivity index (χ0) is 22.4. The smallest absolute Gasteiger partial charge is 0.188 e. The highest BCUT2D eigenvalue weighted by atomic mass is 35.5. The third-order valence-corrected chi connectivity index (χ3v) is 6.92. The molecule has 0 aliphatic carbocycles. The van der Waals surface area contributed by atoms with Crippen LogP contribution in [0.1, 0.15) is 11.1 Å². The van der Waals surface area contributed by atoms with E-state index in [9.17, 15) is 0 Å². The van der Waals surface area contributed by atoms with Gasteiger partial charge in [0.05, 0.1) is 10.2 Å². The number of thiazole rings is 1. The van der Waals surface area contributed by atoms with Crippen molar-refractivity contribution in [3.05, 3.63) is 63.6 Å². The number of rotatable bonds is 5. The normalized spacial score (nSPS) is 11.5. The Balaban J connectivity index is 1.61. The van der Waals surface area contributed by atoms with E-state index in [4.69, 9.17) is 39.7 Å². The first kappa shape index (κ1) is 20.9. The van der Waals surface area contributed by atoms with E-state index < -0.39 is 0 Å². The minimum atomic E-state index is 0.0855. The lowest BCUT2D eigenvalue weighted by molar-refractivity contribution is 0.968. The average molecular weight is 483 g/mol. The molecule has 6 nitrogen and oxygen atoms in total. The Bertz CT molecular complexity index is 1480. The molecule has 162 valence electrons. The first-order chi connectivity index (χ1) is 15.4. The van der Waals surface area contributed by atoms with Gasteiger partial charge >= 0.3 is 0 Å². The number of aromatic nitrogens is 2. The number of fused-ring (bicyclic) bond motifs is 4. The molecule has 5 aromatic rings. The SMILES string of the molecule is Cc1cc2sc(Nc3cc(CCN=C(N)N)c4[nH]c5ccc(Cl)cc5c4c3)nc2cc1Cl. The molecule has 0 saturated carbocycles. The largest absolute Gasteiger partial charge is 0.370 e. The number of aliphatic imine (C=N–C) groups is 1. The molecular formula is C23H20Cl2N6S. The van der Waals surface area contributed by atoms with Crippen LogP contribution in [-0.4, -0.2) is 22.5 Å². The summed E-state index contributed by atoms with van der Waals surface area (Å²) in [5.74, 6) is 0.0855. The van der Waals surface area contributed by atoms with E-state index in [0.29, 0.717) is 23.0 Å². The van der Waals surface area contributed by atoms with E-state index in [1.165, 1.54) is 0 Å². The molecule has 0 amide bonds. The summed E-state index contributed by atoms with van der Waals surface area (Å²) in [5, 5.41) is 7.81. The van der Waals surface area contributed by atoms with Crippen LogP contribution < -0.4 is 16.8 Å². The van der Waals surface area contributed by atoms with Crippen molar-refractivity contribution in [2.75, 3.05) is 11.9 Å². The fraction of sp³-hybridized carbons (Fsp3) is 0.130. The quantitative estimate of drug-likeness (QED) is 0.179. The maximum absolute atomic E-state index is 6.28. The minimum Gasteiger partial charge on any atom is -0.370 e. The van der Waals surface area contributed by atoms with E-state index in [1.807, 2.05) is 31.2 Å². The van der Waals surface area contributed by atoms with Gasteiger partial charge in [-0.1, -0.05) is 34.5 Å². The van der Waals surface area contributed by atoms with Crippen LogP contribution in [0.5, 0.6) is 0 Å². The van der Waals surface area contributed by atoms with Crippen LogP contribution in [-0.2, 0) is 6.42 Å². The Kier molecular flexibility index (Phi) is 5.33. The topological polar surface area (TPSA) is 105 Å². The van der Waals surface area contributed by atoms with Gasteiger partial charge in [0.1, 0.15) is 0 Å². The lowest BCUT2D eigenvalue weighted by Gasteiger charge is -2.08. The maximum Gasteiger partial charge on any atom is 0.188 e. The number of guanidine groups is 1. The van der Waals surface area contributed by atoms with E-state index in [2.05, 4.69) is 33.5 Å². The number of anilines is 2. The molecule has 0 spiro atoms. The molecule has 0 aliphatic rings. The van der Waals surface area contributed by atoms with Crippen molar-refractivity contribution in [3.8, 4) is 0 Å². The number of aryl methyl sites for hydroxylation is 1. The lowest BCUT2D eigenvalue weighted by Crippen LogP contribution is -2.23. The number of benzene rings is 3. The van der Waals surface area contributed by atoms with E-state index in [-0.39, 0.29) is 5.96 Å². The molecule has 0 unspecified atom stereocenters. The van der Waals surface area contributed by atoms with E-state index in [1.54, 1.807) is 11.3 Å². The van der Waals surface area contributed by atoms with Gasteiger partial charge in [-0.05, 0) is 66.9 Å². The Labute approximate surface area is 198 Å². The van der Waals surface area contributed by atoms with E-state index in [0.717, 1.165) is 54.0 Å². The van der Waals surface area contributed by atoms with Crippen molar-refractivity contribution in [2.24, 2.45) is 16.5 Å². The van der Waals surface area contributed by atoms with Gasteiger partial charge in [0.25, 0.3) is 0 Å². The molecule has 5 rings (SSSR count). The van der Waals surface area contributed by atoms with E-state index >= 15 is 0 Å². The molecule has 0 saturated heterocycles. The third kappa shape index (κ3) is 3.95. The van der Waals surface area contributed by atoms with Crippen molar-refractivity contribution in [3.63, 3.8) is 0 Å². The molecule has 6 N–H and O–H groups in total. The third-order valence-electron chi connectivity index (χ3n) is 5.35. The fourth-order valence-electron chi connectivity index (χ4n) is 3.85. The highest BCUT2D eigenvalue weighted by Crippen LogP contribution is 2.36. The molecule has 0 aliphatic heterocycles. The van der Waals surface area contributed by atoms with Gasteiger partial charge < -0.3 is 21.8 Å². The number of H-pyrrole nitrogens is 1. The summed E-state index contributed by atoms with van der Waals surface area (Å²) in [7, 11) is 0. The Morgan fingerprint density at radius 1 is 1.12 bits per heavy atom. The van der Waals surface area contributed by atoms with Crippen molar-refractivity contribution in [2.45, 2.75) is 13.3 Å². The van der Waals surface area contributed by atoms with Gasteiger partial charge in [-0.15, -0.1) is 0 Å². The zero-order valence-corrected chi connectivity index (χ0v) is 19.5. The second-order valence-electron chi connectivity index (χ2n) is 7.64. The van der Waals surface area contributed by atoms with Crippen LogP contribution in [0.4, 0.5) is 10.8 Å². The Morgan fingerprint density at radius 2 is 1.97 bits per heavy atom. The van der Waals surface area contributed by atoms with Gasteiger partial charge in [0.2, 0.25) is 0 Å². The summed E-state index contributed by atoms with van der Waals surface area (Å²) in [6, 6.07) is 14.0. The molecule has 32 heavy (non-hydrogen) atoms. The number of aromatic amines is 1. The standard InChI is InChI=1S/C23H20Cl2N6S/c1-11-6-20-19(10-17(11)25)31-23(32-20)29-14-7-12(4-5-28-22(26)27)21-16(9-14)15-8-13(24)2-3-18(15)30-21/h2-3,6-10,30H,4-5H2,1H3,(H,29,31)(H4,26,27,28). The predicted octanol–water partition coefficient (Wildman–Crippen LogP) is 6.11. The first-order valence-corrected chi connectivity index (χ1v) is 11.6. The molecule has 0 fully saturated rings. The van der Waals surface area contributed by atoms with Crippen LogP contribution in [0.2, 0.25) is 10.0 Å². The number of halogens is 2. The Hall–Kier alpha value is -3.00. The van der Waals surface area contributed by atoms with Gasteiger partial charge in [-0.2, -0.15) is 0 Å². The second-order valence-corrected chi connectivity index (χ2v) is 9.52. The summed E-state index contributed by atoms with van der Waals surface area (Å²) < 4.78 is 1.09. The zero-order valence-electron chi connectivity index (χ0n) is 17.2. The van der Waals surface area contributed by atoms with Crippen molar-refractivity contribution < 1.29 is 0 Å². The molecule has 2 aromatic heterocycles. The predicted molar refractivity (Wildman–Crippen MR) is 138 cm³/mol. The lowest BCUT2D eigenvalue weighted by atomic mass is 10.1. The van der Waals surface area contributed by atoms with Gasteiger partial charge in [0.15, 0.2) is 11.1 Å². The molecule has 9 heteroatoms. The Morgan fingerprint density at radius 3 is 2.78 bits per heavy atom. The van der Waals surface area contributed by atoms with Crippen LogP contribution in [0, 0.1) is 6.92 Å². The first-order valence-electron chi connectivity index (χ1n) is 10.0. The van der Waals surface area contributed by atoms with Crippen molar-refractivity contribution in [1.82, 2.24) is 9.97 Å². The summed E-state index contributed by atoms with van der Waals surface area (Å²) in [6.07, 6.45) is 0.680. The van der Waals surface area contributed by atoms with Crippen LogP contribution in [0.25, 0.3) is 32.0 Å². The van der Waals surface area contributed by atoms with Crippen LogP contribution >= 0.6 is 34.5 Å². The summed E-state index contributed by atoms with van der Waals surface area (Å²) >= 11 is 14.1. The highest BCUT2D eigenvalue weighted by Gasteiger charge is 2.13. The van der Waals surface area contributed by atoms with Crippen LogP contribution in [0.15, 0.2) is 47.5 Å². The number of hydrogen-bond donors (Lipinski definition) is 4.